The van der Waals surface area contributed by atoms with Gasteiger partial charge in [-0.25, -0.2) is 0 Å². The molecule has 0 heterocycles. The molecule has 0 unspecified atom stereocenters. The number of anilines is 1. The fourth-order valence-corrected chi connectivity index (χ4v) is 4.20. The Morgan fingerprint density at radius 1 is 1.00 bits per heavy atom. The molecule has 1 amide bonds. The summed E-state index contributed by atoms with van der Waals surface area (Å²) in [5.41, 5.74) is 4.61. The van der Waals surface area contributed by atoms with Gasteiger partial charge in [0, 0.05) is 17.8 Å². The lowest BCUT2D eigenvalue weighted by Gasteiger charge is -2.16. The Balaban J connectivity index is 1.40. The molecule has 1 aliphatic rings. The van der Waals surface area contributed by atoms with E-state index in [0.29, 0.717) is 6.54 Å². The average Bonchev–Trinajstić information content (AvgIpc) is 2.83. The minimum absolute atomic E-state index is 0.0217. The van der Waals surface area contributed by atoms with Crippen molar-refractivity contribution in [2.24, 2.45) is 0 Å². The third-order valence-electron chi connectivity index (χ3n) is 6.00. The van der Waals surface area contributed by atoms with Crippen LogP contribution < -0.4 is 15.4 Å². The highest BCUT2D eigenvalue weighted by Gasteiger charge is 2.11. The van der Waals surface area contributed by atoms with E-state index in [2.05, 4.69) is 34.9 Å². The van der Waals surface area contributed by atoms with E-state index < -0.39 is 0 Å². The highest BCUT2D eigenvalue weighted by molar-refractivity contribution is 5.92. The van der Waals surface area contributed by atoms with Crippen molar-refractivity contribution in [3.8, 4) is 5.75 Å². The Hall–Kier alpha value is -3.11. The molecule has 3 aromatic rings. The molecule has 2 N–H and O–H groups in total. The minimum atomic E-state index is -0.162. The third kappa shape index (κ3) is 5.98. The van der Waals surface area contributed by atoms with Gasteiger partial charge in [-0.1, -0.05) is 59.7 Å². The number of amides is 1. The van der Waals surface area contributed by atoms with Gasteiger partial charge < -0.3 is 15.4 Å². The number of allylic oxidation sites excluding steroid dienone is 1. The molecule has 166 valence electrons. The summed E-state index contributed by atoms with van der Waals surface area (Å²) >= 11 is 0. The minimum Gasteiger partial charge on any atom is -0.483 e. The van der Waals surface area contributed by atoms with Crippen LogP contribution in [0.5, 0.6) is 5.75 Å². The second-order valence-corrected chi connectivity index (χ2v) is 8.50. The van der Waals surface area contributed by atoms with Crippen molar-refractivity contribution in [3.63, 3.8) is 0 Å². The lowest BCUT2D eigenvalue weighted by molar-refractivity contribution is -0.118. The predicted molar refractivity (Wildman–Crippen MR) is 132 cm³/mol. The maximum atomic E-state index is 12.4. The van der Waals surface area contributed by atoms with Crippen LogP contribution in [0.3, 0.4) is 0 Å². The average molecular weight is 429 g/mol. The predicted octanol–water partition coefficient (Wildman–Crippen LogP) is 6.15. The second-order valence-electron chi connectivity index (χ2n) is 8.50. The summed E-state index contributed by atoms with van der Waals surface area (Å²) in [7, 11) is 0. The van der Waals surface area contributed by atoms with Gasteiger partial charge in [0.2, 0.25) is 0 Å². The standard InChI is InChI=1S/C28H32N2O2/c1-21-11-14-24(15-12-21)30-28(31)20-32-27-16-13-23-9-5-6-10-25(23)26(27)19-29-18-17-22-7-3-2-4-8-22/h5-7,9-16,29H,2-4,8,17-20H2,1H3,(H,30,31). The largest absolute Gasteiger partial charge is 0.483 e. The smallest absolute Gasteiger partial charge is 0.262 e. The summed E-state index contributed by atoms with van der Waals surface area (Å²) < 4.78 is 5.99. The van der Waals surface area contributed by atoms with Crippen LogP contribution in [-0.4, -0.2) is 19.1 Å². The molecule has 0 radical (unpaired) electrons. The molecule has 4 rings (SSSR count). The maximum absolute atomic E-state index is 12.4. The number of nitrogens with one attached hydrogen (secondary N) is 2. The second kappa shape index (κ2) is 11.0. The highest BCUT2D eigenvalue weighted by atomic mass is 16.5. The van der Waals surface area contributed by atoms with Gasteiger partial charge in [-0.3, -0.25) is 4.79 Å². The summed E-state index contributed by atoms with van der Waals surface area (Å²) in [6.07, 6.45) is 8.61. The van der Waals surface area contributed by atoms with Crippen LogP contribution in [0, 0.1) is 6.92 Å². The van der Waals surface area contributed by atoms with Crippen LogP contribution >= 0.6 is 0 Å². The maximum Gasteiger partial charge on any atom is 0.262 e. The fourth-order valence-electron chi connectivity index (χ4n) is 4.20. The first-order chi connectivity index (χ1) is 15.7. The molecular formula is C28H32N2O2. The molecule has 0 aliphatic heterocycles. The molecule has 0 saturated heterocycles. The fraction of sp³-hybridized carbons (Fsp3) is 0.321. The summed E-state index contributed by atoms with van der Waals surface area (Å²) in [5.74, 6) is 0.595. The Labute approximate surface area is 190 Å². The summed E-state index contributed by atoms with van der Waals surface area (Å²) in [4.78, 5) is 12.4. The van der Waals surface area contributed by atoms with E-state index in [0.717, 1.165) is 40.9 Å². The molecule has 0 fully saturated rings. The number of carbonyl (C=O) groups is 1. The first-order valence-electron chi connectivity index (χ1n) is 11.6. The normalized spacial score (nSPS) is 13.6. The number of fused-ring (bicyclic) bond motifs is 1. The van der Waals surface area contributed by atoms with Crippen molar-refractivity contribution in [1.29, 1.82) is 0 Å². The summed E-state index contributed by atoms with van der Waals surface area (Å²) in [6, 6.07) is 20.1. The van der Waals surface area contributed by atoms with Crippen molar-refractivity contribution in [1.82, 2.24) is 5.32 Å². The molecule has 3 aromatic carbocycles. The molecule has 0 spiro atoms. The van der Waals surface area contributed by atoms with Crippen LogP contribution in [0.2, 0.25) is 0 Å². The molecule has 32 heavy (non-hydrogen) atoms. The van der Waals surface area contributed by atoms with Crippen molar-refractivity contribution in [2.75, 3.05) is 18.5 Å². The lowest BCUT2D eigenvalue weighted by atomic mass is 9.97. The van der Waals surface area contributed by atoms with Crippen LogP contribution in [0.4, 0.5) is 5.69 Å². The van der Waals surface area contributed by atoms with Crippen LogP contribution in [0.25, 0.3) is 10.8 Å². The number of hydrogen-bond acceptors (Lipinski definition) is 3. The van der Waals surface area contributed by atoms with Gasteiger partial charge in [0.1, 0.15) is 5.75 Å². The zero-order valence-corrected chi connectivity index (χ0v) is 18.8. The van der Waals surface area contributed by atoms with Crippen LogP contribution in [-0.2, 0) is 11.3 Å². The number of rotatable bonds is 9. The van der Waals surface area contributed by atoms with Crippen LogP contribution in [0.15, 0.2) is 72.3 Å². The monoisotopic (exact) mass is 428 g/mol. The van der Waals surface area contributed by atoms with Gasteiger partial charge in [0.15, 0.2) is 6.61 Å². The van der Waals surface area contributed by atoms with Gasteiger partial charge >= 0.3 is 0 Å². The van der Waals surface area contributed by atoms with E-state index in [1.165, 1.54) is 31.1 Å². The van der Waals surface area contributed by atoms with Crippen molar-refractivity contribution in [3.05, 3.63) is 83.4 Å². The third-order valence-corrected chi connectivity index (χ3v) is 6.00. The molecule has 0 atom stereocenters. The van der Waals surface area contributed by atoms with Crippen molar-refractivity contribution < 1.29 is 9.53 Å². The molecule has 0 saturated carbocycles. The number of aryl methyl sites for hydroxylation is 1. The summed E-state index contributed by atoms with van der Waals surface area (Å²) in [5, 5.41) is 8.83. The van der Waals surface area contributed by atoms with E-state index >= 15 is 0 Å². The van der Waals surface area contributed by atoms with E-state index in [4.69, 9.17) is 4.74 Å². The first kappa shape index (κ1) is 22.1. The lowest BCUT2D eigenvalue weighted by Crippen LogP contribution is -2.21. The van der Waals surface area contributed by atoms with E-state index in [1.807, 2.05) is 49.4 Å². The number of ether oxygens (including phenoxy) is 1. The first-order valence-corrected chi connectivity index (χ1v) is 11.6. The van der Waals surface area contributed by atoms with Gasteiger partial charge in [-0.15, -0.1) is 0 Å². The van der Waals surface area contributed by atoms with Gasteiger partial charge in [0.05, 0.1) is 0 Å². The summed E-state index contributed by atoms with van der Waals surface area (Å²) in [6.45, 7) is 3.66. The Morgan fingerprint density at radius 3 is 2.66 bits per heavy atom. The van der Waals surface area contributed by atoms with Gasteiger partial charge in [-0.2, -0.15) is 0 Å². The Kier molecular flexibility index (Phi) is 7.57. The Bertz CT molecular complexity index is 1090. The molecule has 0 bridgehead atoms. The Morgan fingerprint density at radius 2 is 1.84 bits per heavy atom. The molecule has 0 aromatic heterocycles. The molecule has 4 nitrogen and oxygen atoms in total. The highest BCUT2D eigenvalue weighted by Crippen LogP contribution is 2.28. The topological polar surface area (TPSA) is 50.4 Å². The number of benzene rings is 3. The SMILES string of the molecule is Cc1ccc(NC(=O)COc2ccc3ccccc3c2CNCCC2=CCCCC2)cc1. The van der Waals surface area contributed by atoms with E-state index in [-0.39, 0.29) is 12.5 Å². The van der Waals surface area contributed by atoms with E-state index in [9.17, 15) is 4.79 Å². The zero-order valence-electron chi connectivity index (χ0n) is 18.8. The zero-order chi connectivity index (χ0) is 22.2. The van der Waals surface area contributed by atoms with Crippen LogP contribution in [0.1, 0.15) is 43.2 Å². The van der Waals surface area contributed by atoms with Crippen molar-refractivity contribution in [2.45, 2.75) is 45.6 Å². The molecule has 1 aliphatic carbocycles. The number of hydrogen-bond donors (Lipinski definition) is 2. The quantitative estimate of drug-likeness (QED) is 0.318. The molecular weight excluding hydrogens is 396 g/mol. The van der Waals surface area contributed by atoms with E-state index in [1.54, 1.807) is 5.57 Å². The van der Waals surface area contributed by atoms with Gasteiger partial charge in [-0.05, 0) is 74.5 Å². The van der Waals surface area contributed by atoms with Gasteiger partial charge in [0.25, 0.3) is 5.91 Å². The van der Waals surface area contributed by atoms with Crippen molar-refractivity contribution >= 4 is 22.4 Å². The number of carbonyl (C=O) groups excluding carboxylic acids is 1. The molecule has 4 heteroatoms.